The highest BCUT2D eigenvalue weighted by atomic mass is 32.2. The Balaban J connectivity index is 2.72. The van der Waals surface area contributed by atoms with Crippen LogP contribution in [-0.4, -0.2) is 31.6 Å². The van der Waals surface area contributed by atoms with Crippen molar-refractivity contribution >= 4 is 15.7 Å². The second-order valence-corrected chi connectivity index (χ2v) is 6.14. The van der Waals surface area contributed by atoms with Crippen molar-refractivity contribution in [3.05, 3.63) is 34.1 Å². The molecular weight excluding hydrogens is 303 g/mol. The third kappa shape index (κ3) is 5.37. The molecule has 2 N–H and O–H groups in total. The van der Waals surface area contributed by atoms with Crippen LogP contribution in [0.15, 0.2) is 23.1 Å². The number of unbranched alkanes of at least 4 members (excludes halogenated alkanes) is 3. The molecule has 0 aromatic heterocycles. The van der Waals surface area contributed by atoms with Crippen molar-refractivity contribution in [2.75, 3.05) is 13.2 Å². The normalized spacial score (nSPS) is 11.5. The molecule has 0 spiro atoms. The lowest BCUT2D eigenvalue weighted by Crippen LogP contribution is -2.25. The summed E-state index contributed by atoms with van der Waals surface area (Å²) in [5.41, 5.74) is -0.789. The Morgan fingerprint density at radius 3 is 2.52 bits per heavy atom. The highest BCUT2D eigenvalue weighted by Crippen LogP contribution is 2.24. The fraction of sp³-hybridized carbons (Fsp3) is 0.500. The minimum absolute atomic E-state index is 0.0908. The topological polar surface area (TPSA) is 110 Å². The zero-order chi connectivity index (χ0) is 15.9. The smallest absolute Gasteiger partial charge is 0.292 e. The minimum Gasteiger partial charge on any atom is -0.396 e. The Morgan fingerprint density at radius 2 is 1.90 bits per heavy atom. The first-order valence-corrected chi connectivity index (χ1v) is 7.91. The fourth-order valence-corrected chi connectivity index (χ4v) is 2.96. The highest BCUT2D eigenvalue weighted by Gasteiger charge is 2.25. The van der Waals surface area contributed by atoms with Crippen molar-refractivity contribution in [2.45, 2.75) is 30.6 Å². The first-order chi connectivity index (χ1) is 9.88. The van der Waals surface area contributed by atoms with E-state index in [0.717, 1.165) is 25.0 Å². The monoisotopic (exact) mass is 320 g/mol. The molecule has 0 radical (unpaired) electrons. The summed E-state index contributed by atoms with van der Waals surface area (Å²) in [6.07, 6.45) is 2.70. The molecule has 0 saturated carbocycles. The molecule has 0 unspecified atom stereocenters. The molecule has 0 atom stereocenters. The molecule has 1 rings (SSSR count). The molecule has 0 aliphatic heterocycles. The lowest BCUT2D eigenvalue weighted by Gasteiger charge is -2.07. The van der Waals surface area contributed by atoms with Gasteiger partial charge in [0.1, 0.15) is 5.82 Å². The van der Waals surface area contributed by atoms with E-state index in [-0.39, 0.29) is 13.2 Å². The van der Waals surface area contributed by atoms with E-state index < -0.39 is 31.3 Å². The van der Waals surface area contributed by atoms with Crippen LogP contribution in [0.3, 0.4) is 0 Å². The van der Waals surface area contributed by atoms with Gasteiger partial charge in [-0.05, 0) is 25.0 Å². The van der Waals surface area contributed by atoms with Crippen LogP contribution in [0.5, 0.6) is 0 Å². The SMILES string of the molecule is O=[N+]([O-])c1cc(F)ccc1S(=O)(=O)NCCCCCCO. The van der Waals surface area contributed by atoms with E-state index in [1.54, 1.807) is 0 Å². The molecule has 0 bridgehead atoms. The second-order valence-electron chi connectivity index (χ2n) is 4.40. The highest BCUT2D eigenvalue weighted by molar-refractivity contribution is 7.89. The van der Waals surface area contributed by atoms with Crippen LogP contribution in [0.4, 0.5) is 10.1 Å². The number of nitro benzene ring substituents is 1. The first kappa shape index (κ1) is 17.5. The Morgan fingerprint density at radius 1 is 1.24 bits per heavy atom. The van der Waals surface area contributed by atoms with Gasteiger partial charge in [-0.25, -0.2) is 17.5 Å². The van der Waals surface area contributed by atoms with Crippen LogP contribution in [0.25, 0.3) is 0 Å². The average molecular weight is 320 g/mol. The maximum Gasteiger partial charge on any atom is 0.292 e. The number of benzene rings is 1. The Bertz CT molecular complexity index is 591. The molecular formula is C12H17FN2O5S. The van der Waals surface area contributed by atoms with Crippen LogP contribution >= 0.6 is 0 Å². The van der Waals surface area contributed by atoms with Gasteiger partial charge in [-0.3, -0.25) is 10.1 Å². The lowest BCUT2D eigenvalue weighted by molar-refractivity contribution is -0.388. The van der Waals surface area contributed by atoms with E-state index in [1.807, 2.05) is 0 Å². The van der Waals surface area contributed by atoms with Crippen molar-refractivity contribution in [3.63, 3.8) is 0 Å². The molecule has 0 fully saturated rings. The van der Waals surface area contributed by atoms with E-state index in [9.17, 15) is 22.9 Å². The summed E-state index contributed by atoms with van der Waals surface area (Å²) >= 11 is 0. The van der Waals surface area contributed by atoms with Crippen LogP contribution < -0.4 is 4.72 Å². The maximum absolute atomic E-state index is 13.0. The average Bonchev–Trinajstić information content (AvgIpc) is 2.42. The number of halogens is 1. The van der Waals surface area contributed by atoms with Crippen molar-refractivity contribution in [3.8, 4) is 0 Å². The molecule has 0 aliphatic rings. The van der Waals surface area contributed by atoms with Gasteiger partial charge in [0.25, 0.3) is 5.69 Å². The van der Waals surface area contributed by atoms with Gasteiger partial charge in [0.2, 0.25) is 10.0 Å². The molecule has 0 saturated heterocycles. The zero-order valence-electron chi connectivity index (χ0n) is 11.3. The number of hydrogen-bond donors (Lipinski definition) is 2. The molecule has 21 heavy (non-hydrogen) atoms. The van der Waals surface area contributed by atoms with Crippen molar-refractivity contribution < 1.29 is 22.8 Å². The van der Waals surface area contributed by atoms with Gasteiger partial charge in [-0.1, -0.05) is 12.8 Å². The lowest BCUT2D eigenvalue weighted by atomic mass is 10.2. The number of sulfonamides is 1. The molecule has 7 nitrogen and oxygen atoms in total. The molecule has 0 heterocycles. The second kappa shape index (κ2) is 8.01. The molecule has 118 valence electrons. The zero-order valence-corrected chi connectivity index (χ0v) is 12.1. The van der Waals surface area contributed by atoms with E-state index in [2.05, 4.69) is 4.72 Å². The summed E-state index contributed by atoms with van der Waals surface area (Å²) < 4.78 is 39.2. The third-order valence-corrected chi connectivity index (χ3v) is 4.29. The predicted molar refractivity (Wildman–Crippen MR) is 73.8 cm³/mol. The van der Waals surface area contributed by atoms with E-state index >= 15 is 0 Å². The number of nitrogens with one attached hydrogen (secondary N) is 1. The molecule has 1 aromatic carbocycles. The number of hydrogen-bond acceptors (Lipinski definition) is 5. The predicted octanol–water partition coefficient (Wildman–Crippen LogP) is 1.56. The molecule has 9 heteroatoms. The van der Waals surface area contributed by atoms with Gasteiger partial charge >= 0.3 is 0 Å². The third-order valence-electron chi connectivity index (χ3n) is 2.78. The maximum atomic E-state index is 13.0. The summed E-state index contributed by atoms with van der Waals surface area (Å²) in [5, 5.41) is 19.4. The van der Waals surface area contributed by atoms with Gasteiger partial charge < -0.3 is 5.11 Å². The minimum atomic E-state index is -4.05. The van der Waals surface area contributed by atoms with E-state index in [4.69, 9.17) is 5.11 Å². The Labute approximate surface area is 122 Å². The number of nitro groups is 1. The largest absolute Gasteiger partial charge is 0.396 e. The summed E-state index contributed by atoms with van der Waals surface area (Å²) in [7, 11) is -4.05. The van der Waals surface area contributed by atoms with Gasteiger partial charge in [0.15, 0.2) is 4.90 Å². The van der Waals surface area contributed by atoms with Crippen LogP contribution in [0.2, 0.25) is 0 Å². The van der Waals surface area contributed by atoms with Crippen molar-refractivity contribution in [1.29, 1.82) is 0 Å². The molecule has 0 amide bonds. The first-order valence-electron chi connectivity index (χ1n) is 6.43. The number of nitrogens with zero attached hydrogens (tertiary/aromatic N) is 1. The quantitative estimate of drug-likeness (QED) is 0.408. The van der Waals surface area contributed by atoms with Gasteiger partial charge in [-0.15, -0.1) is 0 Å². The summed E-state index contributed by atoms with van der Waals surface area (Å²) in [6.45, 7) is 0.218. The standard InChI is InChI=1S/C12H17FN2O5S/c13-10-5-6-12(11(9-10)15(17)18)21(19,20)14-7-3-1-2-4-8-16/h5-6,9,14,16H,1-4,7-8H2. The Kier molecular flexibility index (Phi) is 6.66. The number of aliphatic hydroxyl groups is 1. The van der Waals surface area contributed by atoms with Crippen molar-refractivity contribution in [1.82, 2.24) is 4.72 Å². The van der Waals surface area contributed by atoms with Gasteiger partial charge in [-0.2, -0.15) is 0 Å². The number of aliphatic hydroxyl groups excluding tert-OH is 1. The summed E-state index contributed by atoms with van der Waals surface area (Å²) in [6, 6.07) is 2.32. The molecule has 0 aliphatic carbocycles. The fourth-order valence-electron chi connectivity index (χ4n) is 1.74. The van der Waals surface area contributed by atoms with Crippen molar-refractivity contribution in [2.24, 2.45) is 0 Å². The van der Waals surface area contributed by atoms with Crippen LogP contribution in [0.1, 0.15) is 25.7 Å². The van der Waals surface area contributed by atoms with E-state index in [1.165, 1.54) is 0 Å². The van der Waals surface area contributed by atoms with Gasteiger partial charge in [0.05, 0.1) is 11.0 Å². The van der Waals surface area contributed by atoms with E-state index in [0.29, 0.717) is 18.9 Å². The van der Waals surface area contributed by atoms with Crippen LogP contribution in [0, 0.1) is 15.9 Å². The van der Waals surface area contributed by atoms with Gasteiger partial charge in [0, 0.05) is 13.2 Å². The summed E-state index contributed by atoms with van der Waals surface area (Å²) in [5.74, 6) is -0.871. The Hall–Kier alpha value is -1.58. The van der Waals surface area contributed by atoms with Crippen LogP contribution in [-0.2, 0) is 10.0 Å². The summed E-state index contributed by atoms with van der Waals surface area (Å²) in [4.78, 5) is 9.31. The molecule has 1 aromatic rings. The number of rotatable bonds is 9.